The van der Waals surface area contributed by atoms with Crippen molar-refractivity contribution in [3.8, 4) is 0 Å². The van der Waals surface area contributed by atoms with E-state index in [-0.39, 0.29) is 11.1 Å². The quantitative estimate of drug-likeness (QED) is 0.696. The fraction of sp³-hybridized carbons (Fsp3) is 0.417. The molecule has 0 bridgehead atoms. The van der Waals surface area contributed by atoms with Crippen molar-refractivity contribution in [2.45, 2.75) is 31.0 Å². The minimum atomic E-state index is -3.62. The molecule has 0 amide bonds. The molecule has 1 atom stereocenters. The Morgan fingerprint density at radius 2 is 2.30 bits per heavy atom. The predicted molar refractivity (Wildman–Crippen MR) is 73.5 cm³/mol. The minimum Gasteiger partial charge on any atom is -0.469 e. The third kappa shape index (κ3) is 3.47. The van der Waals surface area contributed by atoms with Crippen LogP contribution in [-0.2, 0) is 23.0 Å². The summed E-state index contributed by atoms with van der Waals surface area (Å²) in [5, 5.41) is 9.32. The van der Waals surface area contributed by atoms with Crippen LogP contribution in [0.25, 0.3) is 0 Å². The Morgan fingerprint density at radius 3 is 2.95 bits per heavy atom. The molecule has 8 heteroatoms. The number of hydrogen-bond donors (Lipinski definition) is 3. The van der Waals surface area contributed by atoms with E-state index in [2.05, 4.69) is 20.2 Å². The molecule has 7 nitrogen and oxygen atoms in total. The first-order valence-corrected chi connectivity index (χ1v) is 7.73. The summed E-state index contributed by atoms with van der Waals surface area (Å²) in [5.41, 5.74) is 0.602. The Hall–Kier alpha value is -1.64. The third-order valence-corrected chi connectivity index (χ3v) is 4.36. The maximum Gasteiger partial charge on any atom is 0.258 e. The molecule has 0 spiro atoms. The molecule has 0 aromatic carbocycles. The van der Waals surface area contributed by atoms with Crippen LogP contribution in [0.3, 0.4) is 0 Å². The van der Waals surface area contributed by atoms with E-state index in [9.17, 15) is 8.42 Å². The Balaban J connectivity index is 2.08. The van der Waals surface area contributed by atoms with Crippen molar-refractivity contribution in [1.82, 2.24) is 20.2 Å². The molecule has 1 unspecified atom stereocenters. The van der Waals surface area contributed by atoms with Crippen molar-refractivity contribution in [1.29, 1.82) is 0 Å². The molecule has 2 aromatic heterocycles. The van der Waals surface area contributed by atoms with E-state index >= 15 is 0 Å². The second-order valence-electron chi connectivity index (χ2n) is 4.56. The number of aromatic amines is 1. The van der Waals surface area contributed by atoms with Gasteiger partial charge in [-0.25, -0.2) is 13.1 Å². The van der Waals surface area contributed by atoms with Crippen molar-refractivity contribution in [3.05, 3.63) is 35.9 Å². The number of furan rings is 1. The lowest BCUT2D eigenvalue weighted by Crippen LogP contribution is -2.34. The molecule has 0 fully saturated rings. The average molecular weight is 298 g/mol. The average Bonchev–Trinajstić information content (AvgIpc) is 2.99. The SMILES string of the molecule is CNCc1cn[nH]c1S(=O)(=O)NC(C)Cc1ccco1. The molecule has 2 heterocycles. The summed E-state index contributed by atoms with van der Waals surface area (Å²) in [5.74, 6) is 0.736. The van der Waals surface area contributed by atoms with Crippen molar-refractivity contribution in [3.63, 3.8) is 0 Å². The molecule has 2 rings (SSSR count). The van der Waals surface area contributed by atoms with Crippen LogP contribution in [0.4, 0.5) is 0 Å². The fourth-order valence-corrected chi connectivity index (χ4v) is 3.32. The van der Waals surface area contributed by atoms with Crippen molar-refractivity contribution >= 4 is 10.0 Å². The van der Waals surface area contributed by atoms with Crippen LogP contribution in [-0.4, -0.2) is 31.7 Å². The molecule has 0 saturated heterocycles. The smallest absolute Gasteiger partial charge is 0.258 e. The first-order valence-electron chi connectivity index (χ1n) is 6.24. The van der Waals surface area contributed by atoms with E-state index in [0.29, 0.717) is 18.5 Å². The summed E-state index contributed by atoms with van der Waals surface area (Å²) >= 11 is 0. The Bertz CT molecular complexity index is 633. The van der Waals surface area contributed by atoms with Crippen LogP contribution in [0, 0.1) is 0 Å². The standard InChI is InChI=1S/C12H18N4O3S/c1-9(6-11-4-3-5-19-11)16-20(17,18)12-10(7-13-2)8-14-15-12/h3-5,8-9,13,16H,6-7H2,1-2H3,(H,14,15). The van der Waals surface area contributed by atoms with Gasteiger partial charge in [0.2, 0.25) is 0 Å². The lowest BCUT2D eigenvalue weighted by molar-refractivity contribution is 0.478. The fourth-order valence-electron chi connectivity index (χ4n) is 1.94. The second-order valence-corrected chi connectivity index (χ2v) is 6.21. The monoisotopic (exact) mass is 298 g/mol. The van der Waals surface area contributed by atoms with Crippen LogP contribution < -0.4 is 10.0 Å². The Kier molecular flexibility index (Phi) is 4.58. The first-order chi connectivity index (χ1) is 9.53. The van der Waals surface area contributed by atoms with Crippen molar-refractivity contribution < 1.29 is 12.8 Å². The van der Waals surface area contributed by atoms with Gasteiger partial charge in [-0.05, 0) is 26.1 Å². The van der Waals surface area contributed by atoms with Gasteiger partial charge < -0.3 is 9.73 Å². The lowest BCUT2D eigenvalue weighted by atomic mass is 10.2. The van der Waals surface area contributed by atoms with Crippen LogP contribution in [0.1, 0.15) is 18.2 Å². The zero-order valence-electron chi connectivity index (χ0n) is 11.4. The van der Waals surface area contributed by atoms with Crippen LogP contribution >= 0.6 is 0 Å². The summed E-state index contributed by atoms with van der Waals surface area (Å²) in [6.45, 7) is 2.22. The Morgan fingerprint density at radius 1 is 1.50 bits per heavy atom. The Labute approximate surface area is 117 Å². The maximum atomic E-state index is 12.3. The summed E-state index contributed by atoms with van der Waals surface area (Å²) < 4.78 is 32.4. The zero-order valence-corrected chi connectivity index (χ0v) is 12.2. The summed E-state index contributed by atoms with van der Waals surface area (Å²) in [6.07, 6.45) is 3.56. The molecule has 0 aliphatic heterocycles. The normalized spacial score (nSPS) is 13.5. The topological polar surface area (TPSA) is 100 Å². The van der Waals surface area contributed by atoms with E-state index in [1.54, 1.807) is 26.3 Å². The number of hydrogen-bond acceptors (Lipinski definition) is 5. The predicted octanol–water partition coefficient (Wildman–Crippen LogP) is 0.632. The van der Waals surface area contributed by atoms with Crippen LogP contribution in [0.2, 0.25) is 0 Å². The molecule has 0 aliphatic carbocycles. The van der Waals surface area contributed by atoms with E-state index < -0.39 is 10.0 Å². The van der Waals surface area contributed by atoms with Gasteiger partial charge in [-0.3, -0.25) is 5.10 Å². The molecular formula is C12H18N4O3S. The molecule has 0 radical (unpaired) electrons. The van der Waals surface area contributed by atoms with Gasteiger partial charge in [0.25, 0.3) is 10.0 Å². The number of aromatic nitrogens is 2. The van der Waals surface area contributed by atoms with Gasteiger partial charge in [0.1, 0.15) is 5.76 Å². The molecule has 20 heavy (non-hydrogen) atoms. The first kappa shape index (κ1) is 14.8. The third-order valence-electron chi connectivity index (χ3n) is 2.76. The van der Waals surface area contributed by atoms with E-state index in [0.717, 1.165) is 5.76 Å². The number of rotatable bonds is 7. The van der Waals surface area contributed by atoms with Gasteiger partial charge in [0.05, 0.1) is 12.5 Å². The summed E-state index contributed by atoms with van der Waals surface area (Å²) in [4.78, 5) is 0. The van der Waals surface area contributed by atoms with Crippen LogP contribution in [0.15, 0.2) is 34.0 Å². The number of H-pyrrole nitrogens is 1. The minimum absolute atomic E-state index is 0.0955. The molecule has 0 aliphatic rings. The highest BCUT2D eigenvalue weighted by Gasteiger charge is 2.23. The molecular weight excluding hydrogens is 280 g/mol. The van der Waals surface area contributed by atoms with E-state index in [1.807, 2.05) is 6.07 Å². The highest BCUT2D eigenvalue weighted by atomic mass is 32.2. The van der Waals surface area contributed by atoms with Gasteiger partial charge in [-0.15, -0.1) is 0 Å². The van der Waals surface area contributed by atoms with Crippen molar-refractivity contribution in [2.75, 3.05) is 7.05 Å². The van der Waals surface area contributed by atoms with Gasteiger partial charge in [0.15, 0.2) is 5.03 Å². The second kappa shape index (κ2) is 6.21. The highest BCUT2D eigenvalue weighted by Crippen LogP contribution is 2.13. The van der Waals surface area contributed by atoms with Gasteiger partial charge in [-0.1, -0.05) is 0 Å². The lowest BCUT2D eigenvalue weighted by Gasteiger charge is -2.13. The largest absolute Gasteiger partial charge is 0.469 e. The van der Waals surface area contributed by atoms with Crippen molar-refractivity contribution in [2.24, 2.45) is 0 Å². The maximum absolute atomic E-state index is 12.3. The number of nitrogens with zero attached hydrogens (tertiary/aromatic N) is 1. The molecule has 3 N–H and O–H groups in total. The number of nitrogens with one attached hydrogen (secondary N) is 3. The summed E-state index contributed by atoms with van der Waals surface area (Å²) in [6, 6.07) is 3.31. The number of sulfonamides is 1. The molecule has 0 saturated carbocycles. The zero-order chi connectivity index (χ0) is 14.6. The highest BCUT2D eigenvalue weighted by molar-refractivity contribution is 7.89. The molecule has 110 valence electrons. The summed E-state index contributed by atoms with van der Waals surface area (Å²) in [7, 11) is -1.88. The molecule has 2 aromatic rings. The van der Waals surface area contributed by atoms with Gasteiger partial charge >= 0.3 is 0 Å². The van der Waals surface area contributed by atoms with Gasteiger partial charge in [0, 0.05) is 24.6 Å². The van der Waals surface area contributed by atoms with E-state index in [4.69, 9.17) is 4.42 Å². The van der Waals surface area contributed by atoms with Crippen LogP contribution in [0.5, 0.6) is 0 Å². The van der Waals surface area contributed by atoms with E-state index in [1.165, 1.54) is 6.20 Å². The van der Waals surface area contributed by atoms with Gasteiger partial charge in [-0.2, -0.15) is 5.10 Å².